The SMILES string of the molecule is O=P(c1ccccc1)(c1ccccc1)c1cc(O)ccc1O.O=P(c1ccccc1)(c1ccccc1)c1cc(O)ccc1O. The van der Waals surface area contributed by atoms with Crippen molar-refractivity contribution in [3.05, 3.63) is 158 Å². The monoisotopic (exact) mass is 620 g/mol. The number of hydrogen-bond donors (Lipinski definition) is 4. The summed E-state index contributed by atoms with van der Waals surface area (Å²) >= 11 is 0. The molecule has 0 fully saturated rings. The molecule has 6 rings (SSSR count). The fourth-order valence-corrected chi connectivity index (χ4v) is 10.4. The summed E-state index contributed by atoms with van der Waals surface area (Å²) in [6.45, 7) is 0. The van der Waals surface area contributed by atoms with Crippen LogP contribution in [0.4, 0.5) is 0 Å². The molecule has 0 amide bonds. The summed E-state index contributed by atoms with van der Waals surface area (Å²) in [6, 6.07) is 44.3. The van der Waals surface area contributed by atoms with E-state index < -0.39 is 14.3 Å². The van der Waals surface area contributed by atoms with Crippen molar-refractivity contribution in [2.75, 3.05) is 0 Å². The molecule has 0 unspecified atom stereocenters. The lowest BCUT2D eigenvalue weighted by Gasteiger charge is -2.20. The number of phenolic OH excluding ortho intramolecular Hbond substituents is 4. The third kappa shape index (κ3) is 6.05. The van der Waals surface area contributed by atoms with E-state index in [9.17, 15) is 29.6 Å². The standard InChI is InChI=1S/2C18H15O3P/c2*19-14-11-12-17(20)18(13-14)22(21,15-7-3-1-4-8-15)16-9-5-2-6-10-16/h2*1-13,19-20H. The van der Waals surface area contributed by atoms with Gasteiger partial charge in [-0.05, 0) is 36.4 Å². The van der Waals surface area contributed by atoms with E-state index >= 15 is 0 Å². The first-order chi connectivity index (χ1) is 21.2. The van der Waals surface area contributed by atoms with Crippen LogP contribution in [0.1, 0.15) is 0 Å². The van der Waals surface area contributed by atoms with Crippen LogP contribution in [0.2, 0.25) is 0 Å². The predicted octanol–water partition coefficient (Wildman–Crippen LogP) is 5.47. The summed E-state index contributed by atoms with van der Waals surface area (Å²) in [5, 5.41) is 42.9. The summed E-state index contributed by atoms with van der Waals surface area (Å²) in [5.74, 6) is -0.234. The van der Waals surface area contributed by atoms with Gasteiger partial charge < -0.3 is 29.6 Å². The average Bonchev–Trinajstić information content (AvgIpc) is 3.08. The van der Waals surface area contributed by atoms with Gasteiger partial charge in [0.15, 0.2) is 14.3 Å². The summed E-state index contributed by atoms with van der Waals surface area (Å²) in [5.41, 5.74) is 0. The van der Waals surface area contributed by atoms with Crippen molar-refractivity contribution >= 4 is 46.1 Å². The molecule has 44 heavy (non-hydrogen) atoms. The van der Waals surface area contributed by atoms with Crippen LogP contribution in [-0.2, 0) is 9.13 Å². The zero-order valence-corrected chi connectivity index (χ0v) is 25.3. The molecular formula is C36H30O6P2. The molecule has 0 bridgehead atoms. The summed E-state index contributed by atoms with van der Waals surface area (Å²) in [4.78, 5) is 0. The lowest BCUT2D eigenvalue weighted by molar-refractivity contribution is 0.463. The quantitative estimate of drug-likeness (QED) is 0.145. The minimum absolute atomic E-state index is 0.0279. The molecule has 0 saturated carbocycles. The molecule has 0 spiro atoms. The smallest absolute Gasteiger partial charge is 0.174 e. The first-order valence-corrected chi connectivity index (χ1v) is 17.1. The van der Waals surface area contributed by atoms with Gasteiger partial charge in [-0.2, -0.15) is 0 Å². The van der Waals surface area contributed by atoms with Gasteiger partial charge in [-0.1, -0.05) is 121 Å². The van der Waals surface area contributed by atoms with Gasteiger partial charge in [0.1, 0.15) is 23.0 Å². The van der Waals surface area contributed by atoms with E-state index in [1.807, 2.05) is 72.8 Å². The van der Waals surface area contributed by atoms with Crippen molar-refractivity contribution in [2.45, 2.75) is 0 Å². The van der Waals surface area contributed by atoms with Crippen LogP contribution in [0.15, 0.2) is 158 Å². The van der Waals surface area contributed by atoms with E-state index in [1.54, 1.807) is 48.5 Å². The Kier molecular flexibility index (Phi) is 9.06. The molecular weight excluding hydrogens is 590 g/mol. The maximum Gasteiger partial charge on any atom is 0.174 e. The van der Waals surface area contributed by atoms with Crippen LogP contribution < -0.4 is 31.8 Å². The third-order valence-electron chi connectivity index (χ3n) is 7.08. The Labute approximate surface area is 255 Å². The van der Waals surface area contributed by atoms with E-state index in [0.29, 0.717) is 21.2 Å². The Morgan fingerprint density at radius 1 is 0.341 bits per heavy atom. The largest absolute Gasteiger partial charge is 0.508 e. The molecule has 220 valence electrons. The normalized spacial score (nSPS) is 11.3. The van der Waals surface area contributed by atoms with Gasteiger partial charge in [-0.15, -0.1) is 0 Å². The number of rotatable bonds is 6. The Balaban J connectivity index is 0.000000175. The summed E-state index contributed by atoms with van der Waals surface area (Å²) in [7, 11) is -6.50. The topological polar surface area (TPSA) is 115 Å². The molecule has 0 aromatic heterocycles. The maximum absolute atomic E-state index is 13.9. The van der Waals surface area contributed by atoms with E-state index in [1.165, 1.54) is 36.4 Å². The van der Waals surface area contributed by atoms with Crippen LogP contribution in [0, 0.1) is 0 Å². The molecule has 0 radical (unpaired) electrons. The van der Waals surface area contributed by atoms with Gasteiger partial charge in [-0.25, -0.2) is 0 Å². The zero-order chi connectivity index (χ0) is 31.2. The van der Waals surface area contributed by atoms with Crippen molar-refractivity contribution in [3.8, 4) is 23.0 Å². The van der Waals surface area contributed by atoms with Gasteiger partial charge in [0.2, 0.25) is 0 Å². The average molecular weight is 621 g/mol. The number of aromatic hydroxyl groups is 4. The van der Waals surface area contributed by atoms with Gasteiger partial charge >= 0.3 is 0 Å². The predicted molar refractivity (Wildman–Crippen MR) is 178 cm³/mol. The number of hydrogen-bond acceptors (Lipinski definition) is 6. The zero-order valence-electron chi connectivity index (χ0n) is 23.5. The van der Waals surface area contributed by atoms with Crippen molar-refractivity contribution in [3.63, 3.8) is 0 Å². The van der Waals surface area contributed by atoms with Gasteiger partial charge in [0.25, 0.3) is 0 Å². The first kappa shape index (κ1) is 30.4. The van der Waals surface area contributed by atoms with Crippen LogP contribution in [0.3, 0.4) is 0 Å². The summed E-state index contributed by atoms with van der Waals surface area (Å²) < 4.78 is 27.8. The van der Waals surface area contributed by atoms with Gasteiger partial charge in [0, 0.05) is 21.2 Å². The molecule has 0 aliphatic heterocycles. The van der Waals surface area contributed by atoms with E-state index in [-0.39, 0.29) is 33.6 Å². The Bertz CT molecular complexity index is 1720. The molecule has 0 atom stereocenters. The lowest BCUT2D eigenvalue weighted by atomic mass is 10.3. The van der Waals surface area contributed by atoms with Gasteiger partial charge in [-0.3, -0.25) is 0 Å². The second-order valence-electron chi connectivity index (χ2n) is 9.91. The van der Waals surface area contributed by atoms with Gasteiger partial charge in [0.05, 0.1) is 10.6 Å². The minimum Gasteiger partial charge on any atom is -0.508 e. The highest BCUT2D eigenvalue weighted by Crippen LogP contribution is 2.46. The molecule has 6 nitrogen and oxygen atoms in total. The molecule has 6 aromatic carbocycles. The maximum atomic E-state index is 13.9. The third-order valence-corrected chi connectivity index (χ3v) is 13.3. The molecule has 0 saturated heterocycles. The van der Waals surface area contributed by atoms with E-state index in [0.717, 1.165) is 0 Å². The van der Waals surface area contributed by atoms with Crippen molar-refractivity contribution in [2.24, 2.45) is 0 Å². The molecule has 4 N–H and O–H groups in total. The molecule has 0 aliphatic carbocycles. The van der Waals surface area contributed by atoms with E-state index in [4.69, 9.17) is 0 Å². The molecule has 0 heterocycles. The molecule has 6 aromatic rings. The van der Waals surface area contributed by atoms with Crippen LogP contribution in [0.5, 0.6) is 23.0 Å². The molecule has 0 aliphatic rings. The summed E-state index contributed by atoms with van der Waals surface area (Å²) in [6.07, 6.45) is 0. The number of phenols is 4. The lowest BCUT2D eigenvalue weighted by Crippen LogP contribution is -2.25. The van der Waals surface area contributed by atoms with Crippen LogP contribution >= 0.6 is 14.3 Å². The number of benzene rings is 6. The highest BCUT2D eigenvalue weighted by Gasteiger charge is 2.33. The molecule has 8 heteroatoms. The highest BCUT2D eigenvalue weighted by atomic mass is 31.2. The van der Waals surface area contributed by atoms with Crippen LogP contribution in [-0.4, -0.2) is 20.4 Å². The van der Waals surface area contributed by atoms with Crippen LogP contribution in [0.25, 0.3) is 0 Å². The highest BCUT2D eigenvalue weighted by molar-refractivity contribution is 7.86. The second kappa shape index (κ2) is 13.1. The Morgan fingerprint density at radius 2 is 0.591 bits per heavy atom. The minimum atomic E-state index is -3.25. The van der Waals surface area contributed by atoms with Crippen molar-refractivity contribution in [1.29, 1.82) is 0 Å². The van der Waals surface area contributed by atoms with Crippen molar-refractivity contribution in [1.82, 2.24) is 0 Å². The second-order valence-corrected chi connectivity index (χ2v) is 15.4. The first-order valence-electron chi connectivity index (χ1n) is 13.7. The fraction of sp³-hybridized carbons (Fsp3) is 0. The fourth-order valence-electron chi connectivity index (χ4n) is 4.93. The van der Waals surface area contributed by atoms with E-state index in [2.05, 4.69) is 0 Å². The Morgan fingerprint density at radius 3 is 0.841 bits per heavy atom. The Hall–Kier alpha value is -5.02. The van der Waals surface area contributed by atoms with Crippen molar-refractivity contribution < 1.29 is 29.6 Å².